The van der Waals surface area contributed by atoms with Crippen LogP contribution in [0.15, 0.2) is 0 Å². The van der Waals surface area contributed by atoms with E-state index in [0.29, 0.717) is 38.2 Å². The Morgan fingerprint density at radius 2 is 1.83 bits per heavy atom. The van der Waals surface area contributed by atoms with Gasteiger partial charge in [-0.3, -0.25) is 9.59 Å². The summed E-state index contributed by atoms with van der Waals surface area (Å²) in [5, 5.41) is 9.03. The average Bonchev–Trinajstić information content (AvgIpc) is 2.53. The van der Waals surface area contributed by atoms with Crippen LogP contribution in [0.1, 0.15) is 19.3 Å². The molecule has 1 unspecified atom stereocenters. The van der Waals surface area contributed by atoms with Gasteiger partial charge in [0.1, 0.15) is 0 Å². The molecule has 2 heterocycles. The van der Waals surface area contributed by atoms with Gasteiger partial charge in [0.2, 0.25) is 5.91 Å². The van der Waals surface area contributed by atoms with Gasteiger partial charge in [-0.05, 0) is 12.8 Å². The van der Waals surface area contributed by atoms with Gasteiger partial charge in [-0.1, -0.05) is 0 Å². The molecule has 8 heteroatoms. The number of aliphatic carboxylic acids is 1. The molecule has 0 spiro atoms. The summed E-state index contributed by atoms with van der Waals surface area (Å²) < 4.78 is 0. The fourth-order valence-corrected chi connectivity index (χ4v) is 4.21. The van der Waals surface area contributed by atoms with Crippen molar-refractivity contribution in [2.24, 2.45) is 5.92 Å². The number of urea groups is 1. The molecule has 0 radical (unpaired) electrons. The molecule has 23 heavy (non-hydrogen) atoms. The quantitative estimate of drug-likeness (QED) is 0.820. The number of piperidine rings is 1. The minimum atomic E-state index is -0.860. The van der Waals surface area contributed by atoms with Crippen molar-refractivity contribution in [3.05, 3.63) is 0 Å². The summed E-state index contributed by atoms with van der Waals surface area (Å²) >= 11 is 1.70. The number of hydrogen-bond donors (Lipinski definition) is 1. The third kappa shape index (κ3) is 4.53. The summed E-state index contributed by atoms with van der Waals surface area (Å²) in [5.41, 5.74) is 0. The lowest BCUT2D eigenvalue weighted by atomic mass is 9.94. The van der Waals surface area contributed by atoms with Crippen LogP contribution in [0.5, 0.6) is 0 Å². The molecule has 0 bridgehead atoms. The molecular formula is C15H25N3O4S. The number of amides is 3. The van der Waals surface area contributed by atoms with E-state index in [0.717, 1.165) is 5.75 Å². The van der Waals surface area contributed by atoms with Crippen molar-refractivity contribution in [1.29, 1.82) is 0 Å². The molecule has 2 saturated heterocycles. The van der Waals surface area contributed by atoms with E-state index in [1.807, 2.05) is 0 Å². The fourth-order valence-electron chi connectivity index (χ4n) is 3.15. The number of likely N-dealkylation sites (tertiary alicyclic amines) is 1. The van der Waals surface area contributed by atoms with Crippen molar-refractivity contribution < 1.29 is 19.5 Å². The number of thioether (sulfide) groups is 1. The molecule has 0 aromatic rings. The number of carboxylic acids is 1. The van der Waals surface area contributed by atoms with Gasteiger partial charge in [0.15, 0.2) is 0 Å². The lowest BCUT2D eigenvalue weighted by Crippen LogP contribution is -2.52. The predicted molar refractivity (Wildman–Crippen MR) is 88.5 cm³/mol. The molecule has 0 aliphatic carbocycles. The number of hydrogen-bond acceptors (Lipinski definition) is 4. The van der Waals surface area contributed by atoms with Gasteiger partial charge in [-0.15, -0.1) is 0 Å². The van der Waals surface area contributed by atoms with Gasteiger partial charge >= 0.3 is 12.0 Å². The Hall–Kier alpha value is -1.44. The second-order valence-corrected chi connectivity index (χ2v) is 7.45. The Kier molecular flexibility index (Phi) is 6.15. The Morgan fingerprint density at radius 1 is 1.17 bits per heavy atom. The first-order valence-corrected chi connectivity index (χ1v) is 9.12. The van der Waals surface area contributed by atoms with E-state index in [4.69, 9.17) is 5.11 Å². The molecule has 0 aromatic heterocycles. The third-order valence-electron chi connectivity index (χ3n) is 4.42. The zero-order chi connectivity index (χ0) is 17.0. The van der Waals surface area contributed by atoms with E-state index in [1.165, 1.54) is 0 Å². The maximum atomic E-state index is 12.8. The molecule has 1 atom stereocenters. The van der Waals surface area contributed by atoms with Crippen LogP contribution in [0.4, 0.5) is 4.79 Å². The second-order valence-electron chi connectivity index (χ2n) is 6.30. The Bertz CT molecular complexity index is 464. The predicted octanol–water partition coefficient (Wildman–Crippen LogP) is 0.799. The van der Waals surface area contributed by atoms with Crippen molar-refractivity contribution in [3.8, 4) is 0 Å². The van der Waals surface area contributed by atoms with Gasteiger partial charge < -0.3 is 19.8 Å². The summed E-state index contributed by atoms with van der Waals surface area (Å²) in [6, 6.07) is -0.228. The zero-order valence-corrected chi connectivity index (χ0v) is 14.5. The van der Waals surface area contributed by atoms with Gasteiger partial charge in [0, 0.05) is 51.2 Å². The van der Waals surface area contributed by atoms with Gasteiger partial charge in [-0.2, -0.15) is 11.8 Å². The molecule has 3 amide bonds. The molecule has 2 aliphatic heterocycles. The van der Waals surface area contributed by atoms with Crippen molar-refractivity contribution in [3.63, 3.8) is 0 Å². The van der Waals surface area contributed by atoms with E-state index in [1.54, 1.807) is 40.6 Å². The Morgan fingerprint density at radius 3 is 2.39 bits per heavy atom. The number of rotatable bonds is 3. The number of carboxylic acid groups (broad SMARTS) is 1. The lowest BCUT2D eigenvalue weighted by Gasteiger charge is -2.39. The molecule has 0 saturated carbocycles. The fraction of sp³-hybridized carbons (Fsp3) is 0.800. The lowest BCUT2D eigenvalue weighted by molar-refractivity contribution is -0.142. The minimum absolute atomic E-state index is 0.0106. The smallest absolute Gasteiger partial charge is 0.319 e. The highest BCUT2D eigenvalue weighted by Crippen LogP contribution is 2.26. The first-order valence-electron chi connectivity index (χ1n) is 7.96. The Labute approximate surface area is 141 Å². The largest absolute Gasteiger partial charge is 0.481 e. The molecule has 2 aliphatic rings. The number of carbonyl (C=O) groups excluding carboxylic acids is 2. The molecular weight excluding hydrogens is 318 g/mol. The maximum absolute atomic E-state index is 12.8. The summed E-state index contributed by atoms with van der Waals surface area (Å²) in [6.45, 7) is 1.79. The van der Waals surface area contributed by atoms with Crippen LogP contribution in [0.2, 0.25) is 0 Å². The molecule has 2 fully saturated rings. The highest BCUT2D eigenvalue weighted by Gasteiger charge is 2.35. The molecule has 1 N–H and O–H groups in total. The van der Waals surface area contributed by atoms with Crippen molar-refractivity contribution in [2.75, 3.05) is 45.2 Å². The average molecular weight is 343 g/mol. The first-order chi connectivity index (χ1) is 10.9. The van der Waals surface area contributed by atoms with Crippen LogP contribution in [-0.4, -0.2) is 89.0 Å². The molecule has 0 aromatic carbocycles. The normalized spacial score (nSPS) is 22.8. The first kappa shape index (κ1) is 17.9. The van der Waals surface area contributed by atoms with Crippen LogP contribution >= 0.6 is 11.8 Å². The van der Waals surface area contributed by atoms with Crippen molar-refractivity contribution in [1.82, 2.24) is 14.7 Å². The number of carbonyl (C=O) groups is 3. The van der Waals surface area contributed by atoms with Crippen LogP contribution in [-0.2, 0) is 9.59 Å². The maximum Gasteiger partial charge on any atom is 0.319 e. The summed E-state index contributed by atoms with van der Waals surface area (Å²) in [6.07, 6.45) is 1.32. The summed E-state index contributed by atoms with van der Waals surface area (Å²) in [7, 11) is 3.45. The standard InChI is InChI=1S/C15H25N3O4S/c1-16(2)15(22)17-5-3-11(4-6-17)14(21)18-7-8-23-10-12(18)9-13(19)20/h11-12H,3-10H2,1-2H3,(H,19,20). The highest BCUT2D eigenvalue weighted by atomic mass is 32.2. The monoisotopic (exact) mass is 343 g/mol. The van der Waals surface area contributed by atoms with Crippen LogP contribution in [0.3, 0.4) is 0 Å². The second kappa shape index (κ2) is 7.90. The molecule has 2 rings (SSSR count). The van der Waals surface area contributed by atoms with Crippen molar-refractivity contribution in [2.45, 2.75) is 25.3 Å². The van der Waals surface area contributed by atoms with Gasteiger partial charge in [0.25, 0.3) is 0 Å². The van der Waals surface area contributed by atoms with Crippen LogP contribution in [0.25, 0.3) is 0 Å². The highest BCUT2D eigenvalue weighted by molar-refractivity contribution is 7.99. The summed E-state index contributed by atoms with van der Waals surface area (Å²) in [5.74, 6) is 0.659. The third-order valence-corrected chi connectivity index (χ3v) is 5.51. The number of nitrogens with zero attached hydrogens (tertiary/aromatic N) is 3. The van der Waals surface area contributed by atoms with Crippen LogP contribution < -0.4 is 0 Å². The SMILES string of the molecule is CN(C)C(=O)N1CCC(C(=O)N2CCSCC2CC(=O)O)CC1. The zero-order valence-electron chi connectivity index (χ0n) is 13.7. The van der Waals surface area contributed by atoms with E-state index in [9.17, 15) is 14.4 Å². The molecule has 7 nitrogen and oxygen atoms in total. The van der Waals surface area contributed by atoms with Gasteiger partial charge in [-0.25, -0.2) is 4.79 Å². The summed E-state index contributed by atoms with van der Waals surface area (Å²) in [4.78, 5) is 40.8. The van der Waals surface area contributed by atoms with Gasteiger partial charge in [0.05, 0.1) is 12.5 Å². The van der Waals surface area contributed by atoms with E-state index in [2.05, 4.69) is 0 Å². The van der Waals surface area contributed by atoms with Crippen LogP contribution in [0, 0.1) is 5.92 Å². The van der Waals surface area contributed by atoms with Crippen molar-refractivity contribution >= 4 is 29.7 Å². The topological polar surface area (TPSA) is 81.2 Å². The Balaban J connectivity index is 1.92. The van der Waals surface area contributed by atoms with E-state index in [-0.39, 0.29) is 30.3 Å². The molecule has 130 valence electrons. The van der Waals surface area contributed by atoms with E-state index < -0.39 is 5.97 Å². The van der Waals surface area contributed by atoms with E-state index >= 15 is 0 Å². The minimum Gasteiger partial charge on any atom is -0.481 e.